The van der Waals surface area contributed by atoms with E-state index in [4.69, 9.17) is 4.74 Å². The Morgan fingerprint density at radius 2 is 1.76 bits per heavy atom. The fourth-order valence-corrected chi connectivity index (χ4v) is 4.21. The lowest BCUT2D eigenvalue weighted by atomic mass is 10.1. The van der Waals surface area contributed by atoms with Gasteiger partial charge in [0, 0.05) is 18.2 Å². The van der Waals surface area contributed by atoms with Crippen LogP contribution in [0.1, 0.15) is 25.0 Å². The number of hydrogen-bond donors (Lipinski definition) is 1. The van der Waals surface area contributed by atoms with Gasteiger partial charge >= 0.3 is 6.18 Å². The Morgan fingerprint density at radius 1 is 1.03 bits per heavy atom. The molecule has 1 N–H and O–H groups in total. The maximum Gasteiger partial charge on any atom is 0.416 e. The van der Waals surface area contributed by atoms with Gasteiger partial charge in [-0.3, -0.25) is 9.69 Å². The van der Waals surface area contributed by atoms with Gasteiger partial charge in [-0.15, -0.1) is 0 Å². The Labute approximate surface area is 217 Å². The summed E-state index contributed by atoms with van der Waals surface area (Å²) in [5, 5.41) is 10.3. The number of halogens is 4. The molecule has 1 aliphatic heterocycles. The third-order valence-electron chi connectivity index (χ3n) is 6.16. The van der Waals surface area contributed by atoms with Crippen LogP contribution >= 0.6 is 0 Å². The van der Waals surface area contributed by atoms with Gasteiger partial charge in [0.1, 0.15) is 30.0 Å². The third-order valence-corrected chi connectivity index (χ3v) is 6.16. The Hall–Kier alpha value is -3.76. The highest BCUT2D eigenvalue weighted by Gasteiger charge is 2.36. The van der Waals surface area contributed by atoms with E-state index in [-0.39, 0.29) is 23.6 Å². The van der Waals surface area contributed by atoms with Crippen molar-refractivity contribution in [2.45, 2.75) is 26.1 Å². The molecule has 1 aliphatic rings. The van der Waals surface area contributed by atoms with Gasteiger partial charge in [0.15, 0.2) is 0 Å². The molecular weight excluding hydrogens is 502 g/mol. The number of rotatable bonds is 9. The van der Waals surface area contributed by atoms with Crippen molar-refractivity contribution in [1.82, 2.24) is 4.90 Å². The van der Waals surface area contributed by atoms with Crippen LogP contribution in [-0.4, -0.2) is 54.0 Å². The number of alkyl halides is 3. The highest BCUT2D eigenvalue weighted by atomic mass is 19.4. The molecule has 3 aromatic rings. The molecule has 1 unspecified atom stereocenters. The lowest BCUT2D eigenvalue weighted by molar-refractivity contribution is -0.137. The Morgan fingerprint density at radius 3 is 2.47 bits per heavy atom. The average molecular weight is 530 g/mol. The molecule has 0 saturated carbocycles. The molecule has 3 aromatic carbocycles. The number of aliphatic imine (C=N–C) groups is 1. The van der Waals surface area contributed by atoms with Crippen LogP contribution in [0.4, 0.5) is 34.6 Å². The van der Waals surface area contributed by atoms with E-state index in [1.54, 1.807) is 24.3 Å². The van der Waals surface area contributed by atoms with E-state index in [0.29, 0.717) is 23.7 Å². The van der Waals surface area contributed by atoms with Gasteiger partial charge in [-0.25, -0.2) is 9.38 Å². The molecule has 6 nitrogen and oxygen atoms in total. The molecule has 1 heterocycles. The molecule has 200 valence electrons. The molecule has 0 aromatic heterocycles. The van der Waals surface area contributed by atoms with E-state index < -0.39 is 29.6 Å². The number of benzene rings is 3. The zero-order valence-electron chi connectivity index (χ0n) is 20.9. The minimum atomic E-state index is -4.58. The average Bonchev–Trinajstić information content (AvgIpc) is 3.16. The third kappa shape index (κ3) is 6.03. The second-order valence-corrected chi connectivity index (χ2v) is 8.76. The molecule has 10 heteroatoms. The molecule has 1 amide bonds. The number of aliphatic hydroxyl groups excluding tert-OH is 1. The summed E-state index contributed by atoms with van der Waals surface area (Å²) in [5.74, 6) is -0.836. The minimum Gasteiger partial charge on any atom is -0.491 e. The number of fused-ring (bicyclic) bond motifs is 1. The summed E-state index contributed by atoms with van der Waals surface area (Å²) in [5.41, 5.74) is -0.282. The van der Waals surface area contributed by atoms with Crippen LogP contribution in [-0.2, 0) is 11.0 Å². The van der Waals surface area contributed by atoms with Crippen molar-refractivity contribution in [1.29, 1.82) is 0 Å². The number of hydrogen-bond acceptors (Lipinski definition) is 5. The number of carbonyl (C=O) groups excluding carboxylic acids is 1. The number of carbonyl (C=O) groups is 1. The summed E-state index contributed by atoms with van der Waals surface area (Å²) in [6, 6.07) is 14.6. The molecule has 0 saturated heterocycles. The molecule has 0 spiro atoms. The largest absolute Gasteiger partial charge is 0.491 e. The standard InChI is InChI=1S/C28H27F4N3O3/c1-3-34(4-2)16-22(36)17-38-23-10-6-9-21(15-23)35-25-12-11-19(29)14-24(25)26(27(35)37)33-20-8-5-7-18(13-20)28(30,31)32/h5-15,22,36H,3-4,16-17H2,1-2H3. The topological polar surface area (TPSA) is 65.4 Å². The lowest BCUT2D eigenvalue weighted by Crippen LogP contribution is -2.35. The van der Waals surface area contributed by atoms with Gasteiger partial charge in [0.25, 0.3) is 5.91 Å². The van der Waals surface area contributed by atoms with Crippen LogP contribution in [0, 0.1) is 5.82 Å². The fourth-order valence-electron chi connectivity index (χ4n) is 4.21. The van der Waals surface area contributed by atoms with Crippen LogP contribution < -0.4 is 9.64 Å². The number of ether oxygens (including phenoxy) is 1. The maximum atomic E-state index is 14.2. The second-order valence-electron chi connectivity index (χ2n) is 8.76. The van der Waals surface area contributed by atoms with Crippen molar-refractivity contribution in [2.24, 2.45) is 4.99 Å². The van der Waals surface area contributed by atoms with Crippen LogP contribution in [0.25, 0.3) is 0 Å². The van der Waals surface area contributed by atoms with E-state index in [0.717, 1.165) is 31.3 Å². The zero-order valence-corrected chi connectivity index (χ0v) is 20.9. The van der Waals surface area contributed by atoms with E-state index in [9.17, 15) is 27.5 Å². The number of anilines is 2. The maximum absolute atomic E-state index is 14.2. The Balaban J connectivity index is 1.63. The SMILES string of the molecule is CCN(CC)CC(O)COc1cccc(N2C(=O)C(=Nc3cccc(C(F)(F)F)c3)c3cc(F)ccc32)c1. The van der Waals surface area contributed by atoms with Crippen LogP contribution in [0.2, 0.25) is 0 Å². The molecule has 4 rings (SSSR count). The van der Waals surface area contributed by atoms with Crippen molar-refractivity contribution < 1.29 is 32.2 Å². The zero-order chi connectivity index (χ0) is 27.4. The summed E-state index contributed by atoms with van der Waals surface area (Å²) in [6.07, 6.45) is -5.30. The lowest BCUT2D eigenvalue weighted by Gasteiger charge is -2.22. The molecule has 1 atom stereocenters. The normalized spacial score (nSPS) is 15.3. The van der Waals surface area contributed by atoms with Crippen LogP contribution in [0.3, 0.4) is 0 Å². The second kappa shape index (κ2) is 11.3. The van der Waals surface area contributed by atoms with Crippen molar-refractivity contribution in [3.63, 3.8) is 0 Å². The van der Waals surface area contributed by atoms with Crippen molar-refractivity contribution in [2.75, 3.05) is 31.1 Å². The summed E-state index contributed by atoms with van der Waals surface area (Å²) < 4.78 is 59.4. The van der Waals surface area contributed by atoms with Crippen LogP contribution in [0.5, 0.6) is 5.75 Å². The van der Waals surface area contributed by atoms with E-state index >= 15 is 0 Å². The molecule has 0 fully saturated rings. The summed E-state index contributed by atoms with van der Waals surface area (Å²) in [4.78, 5) is 21.0. The first kappa shape index (κ1) is 27.3. The van der Waals surface area contributed by atoms with Gasteiger partial charge < -0.3 is 14.7 Å². The van der Waals surface area contributed by atoms with Crippen molar-refractivity contribution in [3.8, 4) is 5.75 Å². The fraction of sp³-hybridized carbons (Fsp3) is 0.286. The number of nitrogens with zero attached hydrogens (tertiary/aromatic N) is 3. The minimum absolute atomic E-state index is 0.0396. The molecule has 38 heavy (non-hydrogen) atoms. The molecule has 0 aliphatic carbocycles. The Kier molecular flexibility index (Phi) is 8.13. The van der Waals surface area contributed by atoms with E-state index in [1.807, 2.05) is 13.8 Å². The summed E-state index contributed by atoms with van der Waals surface area (Å²) in [7, 11) is 0. The number of amides is 1. The van der Waals surface area contributed by atoms with Crippen molar-refractivity contribution in [3.05, 3.63) is 83.7 Å². The molecular formula is C28H27F4N3O3. The molecule has 0 radical (unpaired) electrons. The first-order chi connectivity index (χ1) is 18.1. The quantitative estimate of drug-likeness (QED) is 0.360. The predicted octanol–water partition coefficient (Wildman–Crippen LogP) is 5.73. The summed E-state index contributed by atoms with van der Waals surface area (Å²) >= 11 is 0. The number of likely N-dealkylation sites (N-methyl/N-ethyl adjacent to an activating group) is 1. The van der Waals surface area contributed by atoms with Gasteiger partial charge in [0.2, 0.25) is 0 Å². The highest BCUT2D eigenvalue weighted by Crippen LogP contribution is 2.39. The van der Waals surface area contributed by atoms with Gasteiger partial charge in [-0.1, -0.05) is 26.0 Å². The van der Waals surface area contributed by atoms with E-state index in [1.165, 1.54) is 29.2 Å². The Bertz CT molecular complexity index is 1340. The van der Waals surface area contributed by atoms with Crippen molar-refractivity contribution >= 4 is 28.7 Å². The highest BCUT2D eigenvalue weighted by molar-refractivity contribution is 6.56. The van der Waals surface area contributed by atoms with Crippen LogP contribution in [0.15, 0.2) is 71.7 Å². The van der Waals surface area contributed by atoms with Gasteiger partial charge in [0.05, 0.1) is 22.6 Å². The first-order valence-corrected chi connectivity index (χ1v) is 12.1. The predicted molar refractivity (Wildman–Crippen MR) is 137 cm³/mol. The monoisotopic (exact) mass is 529 g/mol. The summed E-state index contributed by atoms with van der Waals surface area (Å²) in [6.45, 7) is 6.09. The van der Waals surface area contributed by atoms with Gasteiger partial charge in [-0.2, -0.15) is 13.2 Å². The van der Waals surface area contributed by atoms with E-state index in [2.05, 4.69) is 9.89 Å². The smallest absolute Gasteiger partial charge is 0.416 e. The molecule has 0 bridgehead atoms. The number of aliphatic hydroxyl groups is 1. The van der Waals surface area contributed by atoms with Gasteiger partial charge in [-0.05, 0) is 61.6 Å². The first-order valence-electron chi connectivity index (χ1n) is 12.1.